The minimum atomic E-state index is 0.528. The minimum Gasteiger partial charge on any atom is -0.399 e. The summed E-state index contributed by atoms with van der Waals surface area (Å²) in [4.78, 5) is 0. The van der Waals surface area contributed by atoms with Gasteiger partial charge in [0.05, 0.1) is 5.02 Å². The highest BCUT2D eigenvalue weighted by molar-refractivity contribution is 6.33. The van der Waals surface area contributed by atoms with Gasteiger partial charge >= 0.3 is 0 Å². The van der Waals surface area contributed by atoms with Gasteiger partial charge in [0.15, 0.2) is 0 Å². The molecule has 2 aromatic rings. The van der Waals surface area contributed by atoms with Crippen molar-refractivity contribution in [3.63, 3.8) is 0 Å². The van der Waals surface area contributed by atoms with Gasteiger partial charge in [0.2, 0.25) is 0 Å². The number of halogens is 1. The van der Waals surface area contributed by atoms with Crippen molar-refractivity contribution in [2.24, 2.45) is 5.73 Å². The predicted molar refractivity (Wildman–Crippen MR) is 69.2 cm³/mol. The van der Waals surface area contributed by atoms with Crippen LogP contribution >= 0.6 is 11.6 Å². The summed E-state index contributed by atoms with van der Waals surface area (Å²) in [5.74, 6) is 0. The van der Waals surface area contributed by atoms with E-state index in [2.05, 4.69) is 0 Å². The molecule has 0 aliphatic heterocycles. The van der Waals surface area contributed by atoms with Crippen LogP contribution in [0.3, 0.4) is 0 Å². The first-order valence-electron chi connectivity index (χ1n) is 5.05. The highest BCUT2D eigenvalue weighted by atomic mass is 35.5. The Kier molecular flexibility index (Phi) is 3.13. The Morgan fingerprint density at radius 1 is 1.06 bits per heavy atom. The summed E-state index contributed by atoms with van der Waals surface area (Å²) in [6, 6.07) is 13.5. The van der Waals surface area contributed by atoms with Gasteiger partial charge in [-0.1, -0.05) is 35.9 Å². The molecule has 0 aromatic heterocycles. The van der Waals surface area contributed by atoms with Crippen molar-refractivity contribution < 1.29 is 0 Å². The van der Waals surface area contributed by atoms with Crippen LogP contribution in [0.2, 0.25) is 5.02 Å². The first kappa shape index (κ1) is 11.0. The van der Waals surface area contributed by atoms with E-state index in [4.69, 9.17) is 23.1 Å². The van der Waals surface area contributed by atoms with Crippen molar-refractivity contribution in [1.82, 2.24) is 0 Å². The van der Waals surface area contributed by atoms with Crippen LogP contribution in [0.4, 0.5) is 5.69 Å². The molecule has 0 atom stereocenters. The number of nitrogen functional groups attached to an aromatic ring is 1. The second-order valence-corrected chi connectivity index (χ2v) is 4.05. The van der Waals surface area contributed by atoms with E-state index in [-0.39, 0.29) is 0 Å². The average Bonchev–Trinajstić information content (AvgIpc) is 2.29. The lowest BCUT2D eigenvalue weighted by atomic mass is 10.0. The van der Waals surface area contributed by atoms with E-state index in [9.17, 15) is 0 Å². The summed E-state index contributed by atoms with van der Waals surface area (Å²) >= 11 is 6.15. The second kappa shape index (κ2) is 4.56. The summed E-state index contributed by atoms with van der Waals surface area (Å²) in [5, 5.41) is 0.661. The van der Waals surface area contributed by atoms with Crippen molar-refractivity contribution in [2.45, 2.75) is 6.54 Å². The fraction of sp³-hybridized carbons (Fsp3) is 0.0769. The Bertz CT molecular complexity index is 509. The van der Waals surface area contributed by atoms with Crippen molar-refractivity contribution in [2.75, 3.05) is 5.73 Å². The van der Waals surface area contributed by atoms with Crippen LogP contribution in [-0.2, 0) is 6.54 Å². The van der Waals surface area contributed by atoms with Crippen molar-refractivity contribution in [3.8, 4) is 11.1 Å². The third-order valence-electron chi connectivity index (χ3n) is 2.47. The van der Waals surface area contributed by atoms with Gasteiger partial charge in [-0.15, -0.1) is 0 Å². The molecule has 3 heteroatoms. The van der Waals surface area contributed by atoms with E-state index in [1.807, 2.05) is 36.4 Å². The number of benzene rings is 2. The fourth-order valence-electron chi connectivity index (χ4n) is 1.63. The summed E-state index contributed by atoms with van der Waals surface area (Å²) in [6.45, 7) is 0.528. The van der Waals surface area contributed by atoms with Gasteiger partial charge < -0.3 is 11.5 Å². The third kappa shape index (κ3) is 2.18. The lowest BCUT2D eigenvalue weighted by Crippen LogP contribution is -1.96. The Labute approximate surface area is 99.8 Å². The van der Waals surface area contributed by atoms with E-state index in [1.54, 1.807) is 6.07 Å². The summed E-state index contributed by atoms with van der Waals surface area (Å²) in [5.41, 5.74) is 15.1. The molecule has 2 nitrogen and oxygen atoms in total. The normalized spacial score (nSPS) is 10.4. The van der Waals surface area contributed by atoms with Gasteiger partial charge in [0.1, 0.15) is 0 Å². The maximum absolute atomic E-state index is 6.15. The zero-order valence-corrected chi connectivity index (χ0v) is 9.54. The predicted octanol–water partition coefficient (Wildman–Crippen LogP) is 3.05. The molecule has 82 valence electrons. The quantitative estimate of drug-likeness (QED) is 0.782. The number of nitrogens with two attached hydrogens (primary N) is 2. The molecule has 0 unspecified atom stereocenters. The van der Waals surface area contributed by atoms with Crippen LogP contribution in [-0.4, -0.2) is 0 Å². The van der Waals surface area contributed by atoms with Crippen LogP contribution in [0.25, 0.3) is 11.1 Å². The smallest absolute Gasteiger partial charge is 0.0504 e. The largest absolute Gasteiger partial charge is 0.399 e. The molecule has 0 aliphatic carbocycles. The molecule has 0 saturated heterocycles. The first-order valence-corrected chi connectivity index (χ1v) is 5.43. The number of anilines is 1. The van der Waals surface area contributed by atoms with Crippen molar-refractivity contribution in [1.29, 1.82) is 0 Å². The molecule has 0 amide bonds. The molecule has 2 rings (SSSR count). The summed E-state index contributed by atoms with van der Waals surface area (Å²) in [6.07, 6.45) is 0. The van der Waals surface area contributed by atoms with E-state index >= 15 is 0 Å². The monoisotopic (exact) mass is 232 g/mol. The van der Waals surface area contributed by atoms with Crippen LogP contribution in [0.15, 0.2) is 42.5 Å². The van der Waals surface area contributed by atoms with Crippen LogP contribution < -0.4 is 11.5 Å². The van der Waals surface area contributed by atoms with Gasteiger partial charge in [-0.05, 0) is 29.3 Å². The lowest BCUT2D eigenvalue weighted by Gasteiger charge is -2.07. The van der Waals surface area contributed by atoms with Crippen LogP contribution in [0.5, 0.6) is 0 Å². The van der Waals surface area contributed by atoms with Gasteiger partial charge in [-0.25, -0.2) is 0 Å². The maximum Gasteiger partial charge on any atom is 0.0504 e. The SMILES string of the molecule is NCc1cccc(-c2ccc(N)cc2Cl)c1. The standard InChI is InChI=1S/C13H13ClN2/c14-13-7-11(16)4-5-12(13)10-3-1-2-9(6-10)8-15/h1-7H,8,15-16H2. The molecular formula is C13H13ClN2. The number of rotatable bonds is 2. The highest BCUT2D eigenvalue weighted by Crippen LogP contribution is 2.29. The Hall–Kier alpha value is -1.51. The number of hydrogen-bond acceptors (Lipinski definition) is 2. The molecule has 16 heavy (non-hydrogen) atoms. The topological polar surface area (TPSA) is 52.0 Å². The van der Waals surface area contributed by atoms with E-state index in [1.165, 1.54) is 0 Å². The minimum absolute atomic E-state index is 0.528. The molecule has 0 spiro atoms. The van der Waals surface area contributed by atoms with E-state index in [0.717, 1.165) is 16.7 Å². The zero-order valence-electron chi connectivity index (χ0n) is 8.78. The third-order valence-corrected chi connectivity index (χ3v) is 2.78. The van der Waals surface area contributed by atoms with Crippen molar-refractivity contribution in [3.05, 3.63) is 53.1 Å². The Morgan fingerprint density at radius 3 is 2.56 bits per heavy atom. The van der Waals surface area contributed by atoms with E-state index in [0.29, 0.717) is 17.3 Å². The van der Waals surface area contributed by atoms with E-state index < -0.39 is 0 Å². The maximum atomic E-state index is 6.15. The lowest BCUT2D eigenvalue weighted by molar-refractivity contribution is 1.07. The highest BCUT2D eigenvalue weighted by Gasteiger charge is 2.04. The molecular weight excluding hydrogens is 220 g/mol. The van der Waals surface area contributed by atoms with Gasteiger partial charge in [0, 0.05) is 17.8 Å². The summed E-state index contributed by atoms with van der Waals surface area (Å²) < 4.78 is 0. The van der Waals surface area contributed by atoms with Crippen molar-refractivity contribution >= 4 is 17.3 Å². The Morgan fingerprint density at radius 2 is 1.88 bits per heavy atom. The zero-order chi connectivity index (χ0) is 11.5. The molecule has 0 radical (unpaired) electrons. The summed E-state index contributed by atoms with van der Waals surface area (Å²) in [7, 11) is 0. The fourth-order valence-corrected chi connectivity index (χ4v) is 1.93. The second-order valence-electron chi connectivity index (χ2n) is 3.64. The number of hydrogen-bond donors (Lipinski definition) is 2. The van der Waals surface area contributed by atoms with Crippen LogP contribution in [0.1, 0.15) is 5.56 Å². The van der Waals surface area contributed by atoms with Gasteiger partial charge in [0.25, 0.3) is 0 Å². The molecule has 2 aromatic carbocycles. The Balaban J connectivity index is 2.49. The molecule has 4 N–H and O–H groups in total. The molecule has 0 bridgehead atoms. The molecule has 0 heterocycles. The van der Waals surface area contributed by atoms with Crippen LogP contribution in [0, 0.1) is 0 Å². The molecule has 0 saturated carbocycles. The molecule has 0 fully saturated rings. The first-order chi connectivity index (χ1) is 7.70. The van der Waals surface area contributed by atoms with Gasteiger partial charge in [-0.3, -0.25) is 0 Å². The average molecular weight is 233 g/mol. The van der Waals surface area contributed by atoms with Gasteiger partial charge in [-0.2, -0.15) is 0 Å². The molecule has 0 aliphatic rings.